The molecule has 4 rings (SSSR count). The van der Waals surface area contributed by atoms with Crippen molar-refractivity contribution in [2.45, 2.75) is 0 Å². The summed E-state index contributed by atoms with van der Waals surface area (Å²) in [6.45, 7) is 0. The molecule has 0 amide bonds. The topological polar surface area (TPSA) is 56.3 Å². The number of carbonyl (C=O) groups is 2. The fourth-order valence-corrected chi connectivity index (χ4v) is 3.45. The van der Waals surface area contributed by atoms with Crippen molar-refractivity contribution in [3.63, 3.8) is 0 Å². The van der Waals surface area contributed by atoms with Crippen LogP contribution in [-0.2, 0) is 0 Å². The molecule has 0 unspecified atom stereocenters. The molecule has 0 atom stereocenters. The molecule has 1 aromatic heterocycles. The summed E-state index contributed by atoms with van der Waals surface area (Å²) < 4.78 is 5.96. The van der Waals surface area contributed by atoms with Gasteiger partial charge in [-0.25, -0.2) is 4.98 Å². The summed E-state index contributed by atoms with van der Waals surface area (Å²) in [5.41, 5.74) is 2.07. The molecular formula is C29H20ClNO3. The van der Waals surface area contributed by atoms with Crippen LogP contribution >= 0.6 is 11.6 Å². The number of aromatic nitrogens is 1. The van der Waals surface area contributed by atoms with Crippen molar-refractivity contribution in [3.05, 3.63) is 137 Å². The fraction of sp³-hybridized carbons (Fsp3) is 0. The molecular weight excluding hydrogens is 446 g/mol. The number of hydrogen-bond acceptors (Lipinski definition) is 4. The van der Waals surface area contributed by atoms with E-state index in [1.54, 1.807) is 36.5 Å². The van der Waals surface area contributed by atoms with Gasteiger partial charge in [-0.15, -0.1) is 0 Å². The number of rotatable bonds is 8. The van der Waals surface area contributed by atoms with E-state index in [1.165, 1.54) is 24.3 Å². The monoisotopic (exact) mass is 465 g/mol. The second-order valence-electron chi connectivity index (χ2n) is 7.32. The molecule has 4 nitrogen and oxygen atoms in total. The maximum Gasteiger partial charge on any atom is 0.219 e. The van der Waals surface area contributed by atoms with Crippen molar-refractivity contribution in [2.75, 3.05) is 0 Å². The molecule has 0 saturated heterocycles. The van der Waals surface area contributed by atoms with Crippen LogP contribution in [-0.4, -0.2) is 16.6 Å². The zero-order valence-corrected chi connectivity index (χ0v) is 18.9. The van der Waals surface area contributed by atoms with Crippen LogP contribution in [0, 0.1) is 0 Å². The first-order valence-electron chi connectivity index (χ1n) is 10.6. The summed E-state index contributed by atoms with van der Waals surface area (Å²) in [7, 11) is 0. The first kappa shape index (κ1) is 22.9. The van der Waals surface area contributed by atoms with Crippen LogP contribution in [0.25, 0.3) is 12.2 Å². The van der Waals surface area contributed by atoms with E-state index in [0.29, 0.717) is 0 Å². The van der Waals surface area contributed by atoms with E-state index in [4.69, 9.17) is 16.3 Å². The van der Waals surface area contributed by atoms with Crippen molar-refractivity contribution < 1.29 is 14.3 Å². The molecule has 0 saturated carbocycles. The Bertz CT molecular complexity index is 1270. The first-order valence-corrected chi connectivity index (χ1v) is 11.0. The summed E-state index contributed by atoms with van der Waals surface area (Å²) in [5.74, 6) is -0.336. The van der Waals surface area contributed by atoms with Gasteiger partial charge in [0.25, 0.3) is 0 Å². The zero-order chi connectivity index (χ0) is 23.8. The minimum Gasteiger partial charge on any atom is -0.437 e. The van der Waals surface area contributed by atoms with Crippen LogP contribution in [0.3, 0.4) is 0 Å². The third-order valence-corrected chi connectivity index (χ3v) is 5.10. The molecule has 34 heavy (non-hydrogen) atoms. The number of allylic oxidation sites excluding steroid dienone is 2. The second-order valence-corrected chi connectivity index (χ2v) is 7.75. The molecule has 0 radical (unpaired) electrons. The van der Waals surface area contributed by atoms with Gasteiger partial charge in [0, 0.05) is 17.3 Å². The van der Waals surface area contributed by atoms with E-state index in [1.807, 2.05) is 60.7 Å². The fourth-order valence-electron chi connectivity index (χ4n) is 3.23. The van der Waals surface area contributed by atoms with Gasteiger partial charge in [-0.1, -0.05) is 90.5 Å². The van der Waals surface area contributed by atoms with E-state index in [9.17, 15) is 9.59 Å². The Hall–Kier alpha value is -4.28. The van der Waals surface area contributed by atoms with Gasteiger partial charge in [0.2, 0.25) is 5.88 Å². The Morgan fingerprint density at radius 3 is 1.68 bits per heavy atom. The highest BCUT2D eigenvalue weighted by molar-refractivity contribution is 6.32. The van der Waals surface area contributed by atoms with Gasteiger partial charge in [0.15, 0.2) is 17.3 Å². The zero-order valence-electron chi connectivity index (χ0n) is 18.1. The van der Waals surface area contributed by atoms with Crippen molar-refractivity contribution in [1.29, 1.82) is 0 Å². The van der Waals surface area contributed by atoms with Crippen LogP contribution < -0.4 is 4.74 Å². The van der Waals surface area contributed by atoms with E-state index < -0.39 is 0 Å². The Morgan fingerprint density at radius 2 is 1.21 bits per heavy atom. The van der Waals surface area contributed by atoms with E-state index in [2.05, 4.69) is 4.98 Å². The Kier molecular flexibility index (Phi) is 7.43. The van der Waals surface area contributed by atoms with Crippen molar-refractivity contribution in [3.8, 4) is 11.6 Å². The number of benzene rings is 3. The maximum absolute atomic E-state index is 13.2. The number of ether oxygens (including phenoxy) is 1. The van der Waals surface area contributed by atoms with Crippen molar-refractivity contribution in [2.24, 2.45) is 0 Å². The average Bonchev–Trinajstić information content (AvgIpc) is 2.88. The Labute approximate surface area is 202 Å². The lowest BCUT2D eigenvalue weighted by Gasteiger charge is -2.13. The molecule has 3 aromatic carbocycles. The molecule has 0 bridgehead atoms. The summed E-state index contributed by atoms with van der Waals surface area (Å²) >= 11 is 6.32. The summed E-state index contributed by atoms with van der Waals surface area (Å²) in [6.07, 6.45) is 7.83. The Morgan fingerprint density at radius 1 is 0.706 bits per heavy atom. The molecule has 1 heterocycles. The van der Waals surface area contributed by atoms with Gasteiger partial charge < -0.3 is 4.74 Å². The third kappa shape index (κ3) is 5.94. The number of nitrogens with zero attached hydrogens (tertiary/aromatic N) is 1. The highest BCUT2D eigenvalue weighted by Gasteiger charge is 2.21. The van der Waals surface area contributed by atoms with Gasteiger partial charge in [-0.3, -0.25) is 9.59 Å². The van der Waals surface area contributed by atoms with Gasteiger partial charge >= 0.3 is 0 Å². The molecule has 166 valence electrons. The van der Waals surface area contributed by atoms with Crippen LogP contribution in [0.2, 0.25) is 5.02 Å². The average molecular weight is 466 g/mol. The number of halogens is 1. The smallest absolute Gasteiger partial charge is 0.219 e. The van der Waals surface area contributed by atoms with Gasteiger partial charge in [0.1, 0.15) is 0 Å². The number of ketones is 2. The largest absolute Gasteiger partial charge is 0.437 e. The molecule has 0 aliphatic carbocycles. The molecule has 4 aromatic rings. The highest BCUT2D eigenvalue weighted by Crippen LogP contribution is 2.33. The third-order valence-electron chi connectivity index (χ3n) is 4.88. The van der Waals surface area contributed by atoms with Crippen LogP contribution in [0.1, 0.15) is 31.8 Å². The lowest BCUT2D eigenvalue weighted by Crippen LogP contribution is -2.06. The molecule has 5 heteroatoms. The minimum atomic E-state index is -0.349. The minimum absolute atomic E-state index is 0.105. The lowest BCUT2D eigenvalue weighted by atomic mass is 10.0. The SMILES string of the molecule is O=C(/C=C/c1ccccc1)c1cc(Cl)cc(C(=O)/C=C/c2ccccc2)c1Oc1ccccn1. The summed E-state index contributed by atoms with van der Waals surface area (Å²) in [4.78, 5) is 30.5. The predicted octanol–water partition coefficient (Wildman–Crippen LogP) is 7.32. The first-order chi connectivity index (χ1) is 16.6. The standard InChI is InChI=1S/C29H20ClNO3/c30-23-19-24(26(32)16-14-21-9-3-1-4-10-21)29(34-28-13-7-8-18-31-28)25(20-23)27(33)17-15-22-11-5-2-6-12-22/h1-20H/b16-14+,17-15+. The van der Waals surface area contributed by atoms with Crippen molar-refractivity contribution >= 4 is 35.3 Å². The number of carbonyl (C=O) groups excluding carboxylic acids is 2. The van der Waals surface area contributed by atoms with E-state index in [-0.39, 0.29) is 39.3 Å². The maximum atomic E-state index is 13.2. The summed E-state index contributed by atoms with van der Waals surface area (Å²) in [6, 6.07) is 27.0. The second kappa shape index (κ2) is 11.0. The molecule has 0 N–H and O–H groups in total. The molecule has 0 aliphatic heterocycles. The van der Waals surface area contributed by atoms with Crippen LogP contribution in [0.4, 0.5) is 0 Å². The van der Waals surface area contributed by atoms with Crippen LogP contribution in [0.5, 0.6) is 11.6 Å². The molecule has 0 fully saturated rings. The van der Waals surface area contributed by atoms with E-state index >= 15 is 0 Å². The summed E-state index contributed by atoms with van der Waals surface area (Å²) in [5, 5.41) is 0.251. The van der Waals surface area contributed by atoms with Crippen LogP contribution in [0.15, 0.2) is 109 Å². The number of pyridine rings is 1. The predicted molar refractivity (Wildman–Crippen MR) is 135 cm³/mol. The molecule has 0 aliphatic rings. The lowest BCUT2D eigenvalue weighted by molar-refractivity contribution is 0.104. The Balaban J connectivity index is 1.74. The normalized spacial score (nSPS) is 11.1. The number of hydrogen-bond donors (Lipinski definition) is 0. The van der Waals surface area contributed by atoms with Gasteiger partial charge in [0.05, 0.1) is 11.1 Å². The quantitative estimate of drug-likeness (QED) is 0.202. The highest BCUT2D eigenvalue weighted by atomic mass is 35.5. The van der Waals surface area contributed by atoms with Crippen molar-refractivity contribution in [1.82, 2.24) is 4.98 Å². The van der Waals surface area contributed by atoms with Gasteiger partial charge in [-0.2, -0.15) is 0 Å². The molecule has 0 spiro atoms. The van der Waals surface area contributed by atoms with E-state index in [0.717, 1.165) is 11.1 Å². The van der Waals surface area contributed by atoms with Gasteiger partial charge in [-0.05, 0) is 41.5 Å².